The Labute approximate surface area is 93.5 Å². The number of hydrogen-bond acceptors (Lipinski definition) is 4. The van der Waals surface area contributed by atoms with E-state index >= 15 is 0 Å². The highest BCUT2D eigenvalue weighted by Crippen LogP contribution is 2.24. The van der Waals surface area contributed by atoms with Crippen molar-refractivity contribution < 1.29 is 8.42 Å². The second-order valence-corrected chi connectivity index (χ2v) is 6.58. The maximum Gasteiger partial charge on any atom is 0.250 e. The van der Waals surface area contributed by atoms with Gasteiger partial charge in [-0.05, 0) is 29.9 Å². The van der Waals surface area contributed by atoms with Crippen molar-refractivity contribution in [3.8, 4) is 0 Å². The average molecular weight is 246 g/mol. The second kappa shape index (κ2) is 4.21. The van der Waals surface area contributed by atoms with Gasteiger partial charge in [0, 0.05) is 12.6 Å². The summed E-state index contributed by atoms with van der Waals surface area (Å²) in [5, 5.41) is 1.79. The van der Waals surface area contributed by atoms with Crippen molar-refractivity contribution in [3.05, 3.63) is 17.0 Å². The van der Waals surface area contributed by atoms with E-state index in [1.807, 2.05) is 0 Å². The van der Waals surface area contributed by atoms with Crippen molar-refractivity contribution in [2.75, 3.05) is 0 Å². The Morgan fingerprint density at radius 3 is 2.73 bits per heavy atom. The molecule has 1 fully saturated rings. The van der Waals surface area contributed by atoms with Crippen molar-refractivity contribution in [3.63, 3.8) is 0 Å². The summed E-state index contributed by atoms with van der Waals surface area (Å²) in [4.78, 5) is 0. The zero-order valence-electron chi connectivity index (χ0n) is 8.27. The number of nitrogens with one attached hydrogen (secondary N) is 1. The molecule has 1 heterocycles. The van der Waals surface area contributed by atoms with Crippen LogP contribution in [0.1, 0.15) is 24.8 Å². The van der Waals surface area contributed by atoms with Crippen molar-refractivity contribution in [2.45, 2.75) is 36.1 Å². The van der Waals surface area contributed by atoms with Crippen LogP contribution in [0.25, 0.3) is 0 Å². The van der Waals surface area contributed by atoms with E-state index in [1.54, 1.807) is 11.4 Å². The Balaban J connectivity index is 2.13. The molecule has 0 amide bonds. The predicted molar refractivity (Wildman–Crippen MR) is 60.2 cm³/mol. The molecule has 0 aliphatic heterocycles. The third kappa shape index (κ3) is 2.39. The summed E-state index contributed by atoms with van der Waals surface area (Å²) in [7, 11) is -3.30. The summed E-state index contributed by atoms with van der Waals surface area (Å²) in [6, 6.07) is 1.78. The van der Waals surface area contributed by atoms with Crippen molar-refractivity contribution in [1.29, 1.82) is 0 Å². The molecule has 0 spiro atoms. The average Bonchev–Trinajstić information content (AvgIpc) is 2.60. The van der Waals surface area contributed by atoms with Crippen molar-refractivity contribution in [2.24, 2.45) is 5.73 Å². The third-order valence-electron chi connectivity index (χ3n) is 2.56. The molecule has 1 aromatic heterocycles. The first-order valence-corrected chi connectivity index (χ1v) is 7.28. The number of rotatable bonds is 4. The van der Waals surface area contributed by atoms with Gasteiger partial charge in [0.05, 0.1) is 0 Å². The highest BCUT2D eigenvalue weighted by atomic mass is 32.2. The normalized spacial score (nSPS) is 17.7. The molecule has 0 atom stereocenters. The minimum Gasteiger partial charge on any atom is -0.326 e. The molecule has 1 saturated carbocycles. The van der Waals surface area contributed by atoms with Gasteiger partial charge in [0.25, 0.3) is 0 Å². The topological polar surface area (TPSA) is 72.2 Å². The fourth-order valence-corrected chi connectivity index (χ4v) is 3.95. The Hall–Kier alpha value is -0.430. The summed E-state index contributed by atoms with van der Waals surface area (Å²) in [5.74, 6) is 0. The molecule has 1 aliphatic rings. The Kier molecular flexibility index (Phi) is 3.11. The molecular weight excluding hydrogens is 232 g/mol. The van der Waals surface area contributed by atoms with Crippen LogP contribution in [0.5, 0.6) is 0 Å². The molecule has 0 bridgehead atoms. The fraction of sp³-hybridized carbons (Fsp3) is 0.556. The standard InChI is InChI=1S/C9H14N2O2S2/c10-5-7-4-9(14-6-7)15(12,13)11-8-2-1-3-8/h4,6,8,11H,1-3,5,10H2. The smallest absolute Gasteiger partial charge is 0.250 e. The quantitative estimate of drug-likeness (QED) is 0.833. The van der Waals surface area contributed by atoms with Gasteiger partial charge in [-0.15, -0.1) is 11.3 Å². The second-order valence-electron chi connectivity index (χ2n) is 3.73. The molecular formula is C9H14N2O2S2. The maximum absolute atomic E-state index is 11.8. The molecule has 6 heteroatoms. The molecule has 2 rings (SSSR count). The van der Waals surface area contributed by atoms with Crippen LogP contribution in [0.15, 0.2) is 15.7 Å². The summed E-state index contributed by atoms with van der Waals surface area (Å²) in [5.41, 5.74) is 6.31. The van der Waals surface area contributed by atoms with Gasteiger partial charge < -0.3 is 5.73 Å². The van der Waals surface area contributed by atoms with Crippen LogP contribution in [0.3, 0.4) is 0 Å². The monoisotopic (exact) mass is 246 g/mol. The van der Waals surface area contributed by atoms with E-state index in [9.17, 15) is 8.42 Å². The van der Waals surface area contributed by atoms with Crippen LogP contribution < -0.4 is 10.5 Å². The van der Waals surface area contributed by atoms with E-state index in [4.69, 9.17) is 5.73 Å². The summed E-state index contributed by atoms with van der Waals surface area (Å²) in [6.07, 6.45) is 3.02. The van der Waals surface area contributed by atoms with E-state index in [1.165, 1.54) is 11.3 Å². The van der Waals surface area contributed by atoms with E-state index in [0.29, 0.717) is 10.8 Å². The zero-order chi connectivity index (χ0) is 10.9. The van der Waals surface area contributed by atoms with Gasteiger partial charge in [-0.1, -0.05) is 6.42 Å². The first-order chi connectivity index (χ1) is 7.12. The molecule has 84 valence electrons. The van der Waals surface area contributed by atoms with Gasteiger partial charge in [0.1, 0.15) is 4.21 Å². The molecule has 15 heavy (non-hydrogen) atoms. The first-order valence-electron chi connectivity index (χ1n) is 4.91. The summed E-state index contributed by atoms with van der Waals surface area (Å²) >= 11 is 1.23. The van der Waals surface area contributed by atoms with Crippen LogP contribution >= 0.6 is 11.3 Å². The van der Waals surface area contributed by atoms with E-state index in [2.05, 4.69) is 4.72 Å². The molecule has 0 saturated heterocycles. The van der Waals surface area contributed by atoms with Crippen LogP contribution in [-0.4, -0.2) is 14.5 Å². The predicted octanol–water partition coefficient (Wildman–Crippen LogP) is 1.04. The lowest BCUT2D eigenvalue weighted by Crippen LogP contribution is -2.39. The van der Waals surface area contributed by atoms with Crippen molar-refractivity contribution in [1.82, 2.24) is 4.72 Å². The van der Waals surface area contributed by atoms with Gasteiger partial charge in [-0.3, -0.25) is 0 Å². The van der Waals surface area contributed by atoms with Gasteiger partial charge in [-0.2, -0.15) is 0 Å². The summed E-state index contributed by atoms with van der Waals surface area (Å²) in [6.45, 7) is 0.384. The summed E-state index contributed by atoms with van der Waals surface area (Å²) < 4.78 is 26.7. The lowest BCUT2D eigenvalue weighted by atomic mass is 9.94. The maximum atomic E-state index is 11.8. The van der Waals surface area contributed by atoms with Gasteiger partial charge in [-0.25, -0.2) is 13.1 Å². The first kappa shape index (κ1) is 11.1. The van der Waals surface area contributed by atoms with Crippen LogP contribution in [0, 0.1) is 0 Å². The molecule has 3 N–H and O–H groups in total. The van der Waals surface area contributed by atoms with Crippen LogP contribution in [0.2, 0.25) is 0 Å². The van der Waals surface area contributed by atoms with E-state index in [-0.39, 0.29) is 6.04 Å². The molecule has 0 unspecified atom stereocenters. The fourth-order valence-electron chi connectivity index (χ4n) is 1.40. The van der Waals surface area contributed by atoms with E-state index < -0.39 is 10.0 Å². The van der Waals surface area contributed by atoms with Crippen molar-refractivity contribution >= 4 is 21.4 Å². The Morgan fingerprint density at radius 2 is 2.27 bits per heavy atom. The van der Waals surface area contributed by atoms with Gasteiger partial charge >= 0.3 is 0 Å². The van der Waals surface area contributed by atoms with Gasteiger partial charge in [0.15, 0.2) is 0 Å². The third-order valence-corrected chi connectivity index (χ3v) is 5.57. The molecule has 4 nitrogen and oxygen atoms in total. The molecule has 1 aliphatic carbocycles. The largest absolute Gasteiger partial charge is 0.326 e. The van der Waals surface area contributed by atoms with Crippen LogP contribution in [-0.2, 0) is 16.6 Å². The SMILES string of the molecule is NCc1csc(S(=O)(=O)NC2CCC2)c1. The minimum absolute atomic E-state index is 0.137. The molecule has 1 aromatic rings. The number of hydrogen-bond donors (Lipinski definition) is 2. The lowest BCUT2D eigenvalue weighted by molar-refractivity contribution is 0.384. The number of sulfonamides is 1. The minimum atomic E-state index is -3.30. The van der Waals surface area contributed by atoms with Gasteiger partial charge in [0.2, 0.25) is 10.0 Å². The highest BCUT2D eigenvalue weighted by molar-refractivity contribution is 7.91. The van der Waals surface area contributed by atoms with E-state index in [0.717, 1.165) is 24.8 Å². The number of nitrogens with two attached hydrogens (primary N) is 1. The van der Waals surface area contributed by atoms with Crippen LogP contribution in [0.4, 0.5) is 0 Å². The highest BCUT2D eigenvalue weighted by Gasteiger charge is 2.25. The molecule has 0 aromatic carbocycles. The Bertz CT molecular complexity index is 435. The number of thiophene rings is 1. The molecule has 0 radical (unpaired) electrons. The Morgan fingerprint density at radius 1 is 1.53 bits per heavy atom. The zero-order valence-corrected chi connectivity index (χ0v) is 9.90. The lowest BCUT2D eigenvalue weighted by Gasteiger charge is -2.25.